The summed E-state index contributed by atoms with van der Waals surface area (Å²) in [6, 6.07) is 2.74. The first-order valence-electron chi connectivity index (χ1n) is 7.16. The summed E-state index contributed by atoms with van der Waals surface area (Å²) in [7, 11) is 0. The number of hydrogen-bond acceptors (Lipinski definition) is 4. The van der Waals surface area contributed by atoms with E-state index in [1.165, 1.54) is 4.57 Å². The Morgan fingerprint density at radius 2 is 1.95 bits per heavy atom. The monoisotopic (exact) mass is 281 g/mol. The molecule has 0 spiro atoms. The number of esters is 1. The Labute approximate surface area is 119 Å². The van der Waals surface area contributed by atoms with Crippen LogP contribution in [0.4, 0.5) is 0 Å². The van der Waals surface area contributed by atoms with Crippen molar-refractivity contribution in [3.05, 3.63) is 28.7 Å². The minimum absolute atomic E-state index is 0.274. The molecule has 1 atom stereocenters. The van der Waals surface area contributed by atoms with Crippen molar-refractivity contribution in [1.29, 1.82) is 0 Å². The van der Waals surface area contributed by atoms with Crippen LogP contribution in [-0.4, -0.2) is 23.8 Å². The van der Waals surface area contributed by atoms with Crippen LogP contribution in [0, 0.1) is 0 Å². The van der Waals surface area contributed by atoms with Crippen LogP contribution in [0.25, 0.3) is 0 Å². The van der Waals surface area contributed by atoms with E-state index in [-0.39, 0.29) is 17.3 Å². The highest BCUT2D eigenvalue weighted by atomic mass is 16.5. The van der Waals surface area contributed by atoms with Crippen LogP contribution < -0.4 is 10.3 Å². The molecule has 1 rings (SSSR count). The SMILES string of the molecule is CCCOC(=O)C(CC)n1cccc(OCCC)c1=O. The molecular formula is C15H23NO4. The van der Waals surface area contributed by atoms with Crippen molar-refractivity contribution in [2.24, 2.45) is 0 Å². The van der Waals surface area contributed by atoms with E-state index in [1.54, 1.807) is 18.3 Å². The average Bonchev–Trinajstić information content (AvgIpc) is 2.46. The molecule has 0 bridgehead atoms. The Kier molecular flexibility index (Phi) is 6.84. The predicted molar refractivity (Wildman–Crippen MR) is 77.1 cm³/mol. The number of carbonyl (C=O) groups excluding carboxylic acids is 1. The summed E-state index contributed by atoms with van der Waals surface area (Å²) in [6.07, 6.45) is 3.68. The molecule has 0 amide bonds. The summed E-state index contributed by atoms with van der Waals surface area (Å²) in [6.45, 7) is 6.61. The van der Waals surface area contributed by atoms with E-state index >= 15 is 0 Å². The first-order valence-corrected chi connectivity index (χ1v) is 7.16. The number of nitrogens with zero attached hydrogens (tertiary/aromatic N) is 1. The predicted octanol–water partition coefficient (Wildman–Crippen LogP) is 2.54. The summed E-state index contributed by atoms with van der Waals surface area (Å²) >= 11 is 0. The van der Waals surface area contributed by atoms with Crippen LogP contribution in [0.2, 0.25) is 0 Å². The molecule has 0 aliphatic rings. The van der Waals surface area contributed by atoms with E-state index in [4.69, 9.17) is 9.47 Å². The zero-order valence-corrected chi connectivity index (χ0v) is 12.4. The van der Waals surface area contributed by atoms with E-state index in [1.807, 2.05) is 20.8 Å². The van der Waals surface area contributed by atoms with Gasteiger partial charge >= 0.3 is 5.97 Å². The van der Waals surface area contributed by atoms with Gasteiger partial charge in [-0.15, -0.1) is 0 Å². The quantitative estimate of drug-likeness (QED) is 0.687. The van der Waals surface area contributed by atoms with Gasteiger partial charge in [0.25, 0.3) is 5.56 Å². The molecule has 20 heavy (non-hydrogen) atoms. The van der Waals surface area contributed by atoms with E-state index < -0.39 is 6.04 Å². The van der Waals surface area contributed by atoms with Crippen molar-refractivity contribution in [2.75, 3.05) is 13.2 Å². The number of aromatic nitrogens is 1. The van der Waals surface area contributed by atoms with Gasteiger partial charge in [-0.3, -0.25) is 9.36 Å². The number of rotatable bonds is 8. The van der Waals surface area contributed by atoms with Crippen LogP contribution in [0.3, 0.4) is 0 Å². The maximum atomic E-state index is 12.3. The number of carbonyl (C=O) groups is 1. The molecule has 0 radical (unpaired) electrons. The van der Waals surface area contributed by atoms with Crippen molar-refractivity contribution < 1.29 is 14.3 Å². The summed E-state index contributed by atoms with van der Waals surface area (Å²) in [5.41, 5.74) is -0.291. The maximum absolute atomic E-state index is 12.3. The Morgan fingerprint density at radius 1 is 1.25 bits per heavy atom. The molecular weight excluding hydrogens is 258 g/mol. The molecule has 5 nitrogen and oxygen atoms in total. The lowest BCUT2D eigenvalue weighted by atomic mass is 10.2. The first-order chi connectivity index (χ1) is 9.65. The van der Waals surface area contributed by atoms with Crippen LogP contribution >= 0.6 is 0 Å². The normalized spacial score (nSPS) is 11.9. The average molecular weight is 281 g/mol. The molecule has 5 heteroatoms. The summed E-state index contributed by atoms with van der Waals surface area (Å²) in [5, 5.41) is 0. The molecule has 1 aromatic rings. The summed E-state index contributed by atoms with van der Waals surface area (Å²) < 4.78 is 11.9. The number of ether oxygens (including phenoxy) is 2. The lowest BCUT2D eigenvalue weighted by Gasteiger charge is -2.17. The van der Waals surface area contributed by atoms with E-state index in [2.05, 4.69) is 0 Å². The zero-order valence-electron chi connectivity index (χ0n) is 12.4. The third kappa shape index (κ3) is 4.11. The molecule has 0 N–H and O–H groups in total. The van der Waals surface area contributed by atoms with Gasteiger partial charge < -0.3 is 9.47 Å². The van der Waals surface area contributed by atoms with Crippen LogP contribution in [-0.2, 0) is 9.53 Å². The molecule has 0 saturated carbocycles. The highest BCUT2D eigenvalue weighted by Crippen LogP contribution is 2.13. The maximum Gasteiger partial charge on any atom is 0.329 e. The van der Waals surface area contributed by atoms with Gasteiger partial charge in [0.05, 0.1) is 13.2 Å². The first kappa shape index (κ1) is 16.3. The lowest BCUT2D eigenvalue weighted by molar-refractivity contribution is -0.147. The Bertz CT molecular complexity index is 481. The largest absolute Gasteiger partial charge is 0.488 e. The smallest absolute Gasteiger partial charge is 0.329 e. The molecule has 0 saturated heterocycles. The molecule has 1 unspecified atom stereocenters. The fourth-order valence-electron chi connectivity index (χ4n) is 1.83. The zero-order chi connectivity index (χ0) is 15.0. The van der Waals surface area contributed by atoms with Gasteiger partial charge in [0.1, 0.15) is 6.04 Å². The lowest BCUT2D eigenvalue weighted by Crippen LogP contribution is -2.31. The van der Waals surface area contributed by atoms with Gasteiger partial charge in [-0.05, 0) is 31.4 Å². The van der Waals surface area contributed by atoms with Gasteiger partial charge in [-0.25, -0.2) is 4.79 Å². The van der Waals surface area contributed by atoms with Crippen molar-refractivity contribution in [2.45, 2.75) is 46.1 Å². The summed E-state index contributed by atoms with van der Waals surface area (Å²) in [5.74, 6) is -0.0971. The van der Waals surface area contributed by atoms with Crippen LogP contribution in [0.15, 0.2) is 23.1 Å². The van der Waals surface area contributed by atoms with E-state index in [0.29, 0.717) is 19.6 Å². The van der Waals surface area contributed by atoms with Crippen molar-refractivity contribution in [1.82, 2.24) is 4.57 Å². The molecule has 0 fully saturated rings. The molecule has 1 aromatic heterocycles. The fraction of sp³-hybridized carbons (Fsp3) is 0.600. The number of hydrogen-bond donors (Lipinski definition) is 0. The topological polar surface area (TPSA) is 57.5 Å². The molecule has 0 aliphatic heterocycles. The van der Waals surface area contributed by atoms with E-state index in [9.17, 15) is 9.59 Å². The van der Waals surface area contributed by atoms with Gasteiger partial charge in [0.15, 0.2) is 5.75 Å². The Hall–Kier alpha value is -1.78. The van der Waals surface area contributed by atoms with Crippen molar-refractivity contribution in [3.63, 3.8) is 0 Å². The number of pyridine rings is 1. The van der Waals surface area contributed by atoms with Crippen LogP contribution in [0.5, 0.6) is 5.75 Å². The second-order valence-electron chi connectivity index (χ2n) is 4.52. The molecule has 112 valence electrons. The van der Waals surface area contributed by atoms with Crippen LogP contribution in [0.1, 0.15) is 46.1 Å². The van der Waals surface area contributed by atoms with Gasteiger partial charge in [0.2, 0.25) is 0 Å². The molecule has 1 heterocycles. The van der Waals surface area contributed by atoms with Crippen molar-refractivity contribution >= 4 is 5.97 Å². The summed E-state index contributed by atoms with van der Waals surface area (Å²) in [4.78, 5) is 24.3. The second-order valence-corrected chi connectivity index (χ2v) is 4.52. The van der Waals surface area contributed by atoms with E-state index in [0.717, 1.165) is 12.8 Å². The highest BCUT2D eigenvalue weighted by Gasteiger charge is 2.21. The van der Waals surface area contributed by atoms with Gasteiger partial charge in [-0.1, -0.05) is 20.8 Å². The third-order valence-corrected chi connectivity index (χ3v) is 2.84. The Morgan fingerprint density at radius 3 is 2.55 bits per heavy atom. The minimum atomic E-state index is -0.598. The second kappa shape index (κ2) is 8.40. The minimum Gasteiger partial charge on any atom is -0.488 e. The molecule has 0 aromatic carbocycles. The molecule has 0 aliphatic carbocycles. The third-order valence-electron chi connectivity index (χ3n) is 2.84. The van der Waals surface area contributed by atoms with Gasteiger partial charge in [0, 0.05) is 6.20 Å². The van der Waals surface area contributed by atoms with Gasteiger partial charge in [-0.2, -0.15) is 0 Å². The highest BCUT2D eigenvalue weighted by molar-refractivity contribution is 5.74. The van der Waals surface area contributed by atoms with Crippen molar-refractivity contribution in [3.8, 4) is 5.75 Å². The Balaban J connectivity index is 2.97. The standard InChI is InChI=1S/C15H23NO4/c1-4-10-19-13-8-7-9-16(14(13)17)12(6-3)15(18)20-11-5-2/h7-9,12H,4-6,10-11H2,1-3H3. The fourth-order valence-corrected chi connectivity index (χ4v) is 1.83.